The third-order valence-electron chi connectivity index (χ3n) is 5.32. The molecule has 5 rings (SSSR count). The molecule has 1 saturated carbocycles. The number of amides is 3. The summed E-state index contributed by atoms with van der Waals surface area (Å²) >= 11 is 6.13. The van der Waals surface area contributed by atoms with Crippen LogP contribution in [0.5, 0.6) is 0 Å². The highest BCUT2D eigenvalue weighted by atomic mass is 35.5. The van der Waals surface area contributed by atoms with Gasteiger partial charge in [-0.15, -0.1) is 0 Å². The molecule has 2 aliphatic rings. The number of aromatic nitrogens is 3. The van der Waals surface area contributed by atoms with Crippen molar-refractivity contribution in [3.8, 4) is 0 Å². The summed E-state index contributed by atoms with van der Waals surface area (Å²) in [5.41, 5.74) is 1.50. The number of carbonyl (C=O) groups excluding carboxylic acids is 2. The second-order valence-electron chi connectivity index (χ2n) is 7.69. The lowest BCUT2D eigenvalue weighted by Crippen LogP contribution is -2.25. The Morgan fingerprint density at radius 2 is 2.16 bits per heavy atom. The van der Waals surface area contributed by atoms with Crippen LogP contribution in [-0.2, 0) is 11.3 Å². The van der Waals surface area contributed by atoms with Gasteiger partial charge in [0.1, 0.15) is 23.1 Å². The van der Waals surface area contributed by atoms with Gasteiger partial charge in [0.2, 0.25) is 0 Å². The summed E-state index contributed by atoms with van der Waals surface area (Å²) in [6.07, 6.45) is 5.23. The first kappa shape index (κ1) is 20.3. The number of nitrogens with one attached hydrogen (secondary N) is 3. The van der Waals surface area contributed by atoms with Crippen LogP contribution in [0.2, 0.25) is 5.02 Å². The third-order valence-corrected chi connectivity index (χ3v) is 5.67. The zero-order valence-corrected chi connectivity index (χ0v) is 17.8. The summed E-state index contributed by atoms with van der Waals surface area (Å²) < 4.78 is 15.8. The fraction of sp³-hybridized carbons (Fsp3) is 0.238. The van der Waals surface area contributed by atoms with E-state index in [9.17, 15) is 14.0 Å². The van der Waals surface area contributed by atoms with E-state index in [1.54, 1.807) is 28.9 Å². The molecular formula is C21H19ClFN7O2. The highest BCUT2D eigenvalue weighted by Crippen LogP contribution is 2.28. The van der Waals surface area contributed by atoms with Crippen molar-refractivity contribution in [2.45, 2.75) is 25.4 Å². The number of hydrogen-bond acceptors (Lipinski definition) is 6. The normalized spacial score (nSPS) is 17.3. The van der Waals surface area contributed by atoms with Gasteiger partial charge in [-0.3, -0.25) is 9.69 Å². The van der Waals surface area contributed by atoms with E-state index in [1.165, 1.54) is 19.2 Å². The van der Waals surface area contributed by atoms with Crippen LogP contribution in [0.25, 0.3) is 11.7 Å². The zero-order chi connectivity index (χ0) is 22.4. The van der Waals surface area contributed by atoms with Crippen molar-refractivity contribution in [1.82, 2.24) is 24.8 Å². The minimum atomic E-state index is -0.495. The topological polar surface area (TPSA) is 104 Å². The van der Waals surface area contributed by atoms with Crippen molar-refractivity contribution in [2.75, 3.05) is 17.7 Å². The van der Waals surface area contributed by atoms with Crippen LogP contribution in [0.4, 0.5) is 20.8 Å². The summed E-state index contributed by atoms with van der Waals surface area (Å²) in [5, 5.41) is 13.8. The van der Waals surface area contributed by atoms with Crippen molar-refractivity contribution in [3.05, 3.63) is 58.1 Å². The van der Waals surface area contributed by atoms with Gasteiger partial charge in [-0.25, -0.2) is 14.2 Å². The number of halogens is 2. The molecule has 0 radical (unpaired) electrons. The number of carbonyl (C=O) groups is 2. The molecule has 0 bridgehead atoms. The summed E-state index contributed by atoms with van der Waals surface area (Å²) in [6.45, 7) is 0.140. The Bertz CT molecular complexity index is 1260. The van der Waals surface area contributed by atoms with Gasteiger partial charge in [0.15, 0.2) is 5.65 Å². The Labute approximate surface area is 187 Å². The first-order valence-corrected chi connectivity index (χ1v) is 10.4. The summed E-state index contributed by atoms with van der Waals surface area (Å²) in [4.78, 5) is 29.6. The smallest absolute Gasteiger partial charge is 0.328 e. The second-order valence-corrected chi connectivity index (χ2v) is 8.09. The average molecular weight is 456 g/mol. The molecule has 1 saturated heterocycles. The van der Waals surface area contributed by atoms with E-state index in [0.29, 0.717) is 39.5 Å². The number of urea groups is 1. The number of imide groups is 1. The van der Waals surface area contributed by atoms with Gasteiger partial charge in [-0.2, -0.15) is 9.61 Å². The van der Waals surface area contributed by atoms with Gasteiger partial charge in [0.25, 0.3) is 5.91 Å². The van der Waals surface area contributed by atoms with Crippen LogP contribution >= 0.6 is 11.6 Å². The molecule has 2 aromatic heterocycles. The lowest BCUT2D eigenvalue weighted by molar-refractivity contribution is -0.121. The third kappa shape index (κ3) is 3.73. The first-order valence-electron chi connectivity index (χ1n) is 10.0. The Morgan fingerprint density at radius 3 is 2.84 bits per heavy atom. The molecule has 3 N–H and O–H groups in total. The van der Waals surface area contributed by atoms with Crippen LogP contribution in [0.1, 0.15) is 24.0 Å². The number of hydrogen-bond donors (Lipinski definition) is 3. The van der Waals surface area contributed by atoms with Crippen molar-refractivity contribution < 1.29 is 14.0 Å². The van der Waals surface area contributed by atoms with E-state index in [0.717, 1.165) is 17.7 Å². The van der Waals surface area contributed by atoms with E-state index in [4.69, 9.17) is 11.6 Å². The quantitative estimate of drug-likeness (QED) is 0.389. The Morgan fingerprint density at radius 1 is 1.34 bits per heavy atom. The molecule has 2 fully saturated rings. The van der Waals surface area contributed by atoms with E-state index < -0.39 is 17.8 Å². The molecule has 3 heterocycles. The molecule has 1 aliphatic carbocycles. The number of benzene rings is 1. The molecule has 0 unspecified atom stereocenters. The molecule has 0 spiro atoms. The van der Waals surface area contributed by atoms with Crippen molar-refractivity contribution >= 4 is 46.9 Å². The maximum absolute atomic E-state index is 14.2. The predicted molar refractivity (Wildman–Crippen MR) is 118 cm³/mol. The van der Waals surface area contributed by atoms with Crippen LogP contribution in [0.15, 0.2) is 36.2 Å². The SMILES string of the molecule is CN1C(=O)N/C(=C\c2cnn3c(NC4CC4)cc(NCc4c(F)cccc4Cl)nc23)C1=O. The summed E-state index contributed by atoms with van der Waals surface area (Å²) in [6, 6.07) is 6.18. The van der Waals surface area contributed by atoms with Gasteiger partial charge >= 0.3 is 6.03 Å². The van der Waals surface area contributed by atoms with Gasteiger partial charge in [-0.05, 0) is 31.1 Å². The predicted octanol–water partition coefficient (Wildman–Crippen LogP) is 3.23. The minimum absolute atomic E-state index is 0.140. The highest BCUT2D eigenvalue weighted by Gasteiger charge is 2.30. The second kappa shape index (κ2) is 7.79. The number of anilines is 2. The Balaban J connectivity index is 1.51. The van der Waals surface area contributed by atoms with E-state index in [-0.39, 0.29) is 12.2 Å². The summed E-state index contributed by atoms with van der Waals surface area (Å²) in [7, 11) is 1.40. The molecular weight excluding hydrogens is 437 g/mol. The number of fused-ring (bicyclic) bond motifs is 1. The van der Waals surface area contributed by atoms with E-state index in [2.05, 4.69) is 26.0 Å². The highest BCUT2D eigenvalue weighted by molar-refractivity contribution is 6.31. The molecule has 1 aromatic carbocycles. The fourth-order valence-corrected chi connectivity index (χ4v) is 3.60. The number of nitrogens with zero attached hydrogens (tertiary/aromatic N) is 4. The minimum Gasteiger partial charge on any atom is -0.367 e. The first-order chi connectivity index (χ1) is 15.4. The molecule has 11 heteroatoms. The molecule has 0 atom stereocenters. The molecule has 9 nitrogen and oxygen atoms in total. The van der Waals surface area contributed by atoms with Crippen LogP contribution in [-0.4, -0.2) is 44.5 Å². The molecule has 32 heavy (non-hydrogen) atoms. The Hall–Kier alpha value is -3.66. The Kier molecular flexibility index (Phi) is 4.93. The van der Waals surface area contributed by atoms with Crippen LogP contribution in [0.3, 0.4) is 0 Å². The number of likely N-dealkylation sites (N-methyl/N-ethyl adjacent to an activating group) is 1. The van der Waals surface area contributed by atoms with Crippen molar-refractivity contribution in [3.63, 3.8) is 0 Å². The van der Waals surface area contributed by atoms with Gasteiger partial charge in [-0.1, -0.05) is 17.7 Å². The lowest BCUT2D eigenvalue weighted by atomic mass is 10.2. The summed E-state index contributed by atoms with van der Waals surface area (Å²) in [5.74, 6) is 0.355. The molecule has 3 amide bonds. The van der Waals surface area contributed by atoms with E-state index >= 15 is 0 Å². The molecule has 1 aliphatic heterocycles. The van der Waals surface area contributed by atoms with E-state index in [1.807, 2.05) is 0 Å². The monoisotopic (exact) mass is 455 g/mol. The van der Waals surface area contributed by atoms with Gasteiger partial charge in [0, 0.05) is 41.9 Å². The lowest BCUT2D eigenvalue weighted by Gasteiger charge is -2.12. The maximum Gasteiger partial charge on any atom is 0.328 e. The van der Waals surface area contributed by atoms with Gasteiger partial charge in [0.05, 0.1) is 6.20 Å². The zero-order valence-electron chi connectivity index (χ0n) is 17.0. The van der Waals surface area contributed by atoms with Gasteiger partial charge < -0.3 is 16.0 Å². The average Bonchev–Trinajstić information content (AvgIpc) is 3.44. The van der Waals surface area contributed by atoms with Crippen molar-refractivity contribution in [1.29, 1.82) is 0 Å². The largest absolute Gasteiger partial charge is 0.367 e. The fourth-order valence-electron chi connectivity index (χ4n) is 3.37. The van der Waals surface area contributed by atoms with Crippen LogP contribution < -0.4 is 16.0 Å². The van der Waals surface area contributed by atoms with Crippen LogP contribution in [0, 0.1) is 5.82 Å². The standard InChI is InChI=1S/C21H19ClFN7O2/c1-29-20(31)16(27-21(29)32)7-11-9-25-30-18(26-12-5-6-12)8-17(28-19(11)30)24-10-13-14(22)3-2-4-15(13)23/h2-4,7-9,12,26H,5-6,10H2,1H3,(H,24,28)(H,27,32)/b16-7-. The molecule has 164 valence electrons. The number of rotatable bonds is 6. The maximum atomic E-state index is 14.2. The molecule has 3 aromatic rings. The van der Waals surface area contributed by atoms with Crippen molar-refractivity contribution in [2.24, 2.45) is 0 Å².